The topological polar surface area (TPSA) is 58.3 Å². The summed E-state index contributed by atoms with van der Waals surface area (Å²) >= 11 is 2.29. The highest BCUT2D eigenvalue weighted by Gasteiger charge is 2.31. The number of halogens is 1. The van der Waals surface area contributed by atoms with Crippen LogP contribution in [0.3, 0.4) is 0 Å². The minimum atomic E-state index is 0.0721. The fraction of sp³-hybridized carbons (Fsp3) is 0.571. The highest BCUT2D eigenvalue weighted by atomic mass is 127. The second kappa shape index (κ2) is 6.10. The van der Waals surface area contributed by atoms with Crippen LogP contribution in [0.5, 0.6) is 0 Å². The summed E-state index contributed by atoms with van der Waals surface area (Å²) < 4.78 is 1.14. The summed E-state index contributed by atoms with van der Waals surface area (Å²) in [6, 6.07) is 5.90. The quantitative estimate of drug-likeness (QED) is 0.571. The van der Waals surface area contributed by atoms with Crippen LogP contribution in [-0.2, 0) is 0 Å². The lowest BCUT2D eigenvalue weighted by atomic mass is 9.74. The van der Waals surface area contributed by atoms with E-state index in [1.807, 2.05) is 18.2 Å². The van der Waals surface area contributed by atoms with Crippen molar-refractivity contribution < 1.29 is 5.11 Å². The van der Waals surface area contributed by atoms with Gasteiger partial charge in [0, 0.05) is 26.9 Å². The second-order valence-electron chi connectivity index (χ2n) is 5.31. The van der Waals surface area contributed by atoms with Crippen molar-refractivity contribution in [3.05, 3.63) is 21.8 Å². The third kappa shape index (κ3) is 3.29. The van der Waals surface area contributed by atoms with Gasteiger partial charge in [-0.25, -0.2) is 0 Å². The fourth-order valence-electron chi connectivity index (χ4n) is 2.65. The van der Waals surface area contributed by atoms with E-state index in [1.165, 1.54) is 19.3 Å². The third-order valence-electron chi connectivity index (χ3n) is 3.90. The molecule has 1 aliphatic carbocycles. The standard InChI is InChI=1S/C14H21IN2O/c15-12-8-11(16)4-5-13(12)17-9-14(10-18)6-2-1-3-7-14/h4-5,8,17-18H,1-3,6-7,9-10,16H2. The maximum Gasteiger partial charge on any atom is 0.0504 e. The van der Waals surface area contributed by atoms with Gasteiger partial charge in [0.05, 0.1) is 6.61 Å². The zero-order valence-corrected chi connectivity index (χ0v) is 12.7. The highest BCUT2D eigenvalue weighted by molar-refractivity contribution is 14.1. The molecule has 0 aliphatic heterocycles. The van der Waals surface area contributed by atoms with Crippen molar-refractivity contribution in [2.45, 2.75) is 32.1 Å². The fourth-order valence-corrected chi connectivity index (χ4v) is 3.38. The molecular weight excluding hydrogens is 339 g/mol. The molecule has 2 rings (SSSR count). The van der Waals surface area contributed by atoms with E-state index in [0.29, 0.717) is 0 Å². The van der Waals surface area contributed by atoms with Crippen molar-refractivity contribution in [1.29, 1.82) is 0 Å². The summed E-state index contributed by atoms with van der Waals surface area (Å²) in [6.45, 7) is 1.13. The van der Waals surface area contributed by atoms with E-state index in [2.05, 4.69) is 27.9 Å². The Morgan fingerprint density at radius 1 is 1.28 bits per heavy atom. The number of anilines is 2. The lowest BCUT2D eigenvalue weighted by Gasteiger charge is -2.36. The van der Waals surface area contributed by atoms with Crippen molar-refractivity contribution in [3.63, 3.8) is 0 Å². The van der Waals surface area contributed by atoms with Crippen LogP contribution in [0.4, 0.5) is 11.4 Å². The molecule has 1 aromatic rings. The molecule has 0 heterocycles. The van der Waals surface area contributed by atoms with Crippen molar-refractivity contribution >= 4 is 34.0 Å². The largest absolute Gasteiger partial charge is 0.399 e. The molecule has 0 radical (unpaired) electrons. The second-order valence-corrected chi connectivity index (χ2v) is 6.47. The Labute approximate surface area is 122 Å². The van der Waals surface area contributed by atoms with Crippen molar-refractivity contribution in [2.24, 2.45) is 5.41 Å². The van der Waals surface area contributed by atoms with Gasteiger partial charge in [-0.05, 0) is 53.6 Å². The zero-order valence-electron chi connectivity index (χ0n) is 10.6. The first-order valence-corrected chi connectivity index (χ1v) is 7.63. The predicted molar refractivity (Wildman–Crippen MR) is 84.7 cm³/mol. The molecule has 1 aromatic carbocycles. The maximum atomic E-state index is 9.67. The number of aliphatic hydroxyl groups excluding tert-OH is 1. The Balaban J connectivity index is 2.01. The van der Waals surface area contributed by atoms with Crippen molar-refractivity contribution in [3.8, 4) is 0 Å². The van der Waals surface area contributed by atoms with E-state index in [1.54, 1.807) is 0 Å². The molecule has 0 amide bonds. The number of nitrogen functional groups attached to an aromatic ring is 1. The van der Waals surface area contributed by atoms with Crippen LogP contribution in [0.25, 0.3) is 0 Å². The van der Waals surface area contributed by atoms with E-state index in [0.717, 1.165) is 34.3 Å². The molecule has 1 saturated carbocycles. The molecular formula is C14H21IN2O. The first-order chi connectivity index (χ1) is 8.65. The van der Waals surface area contributed by atoms with E-state index < -0.39 is 0 Å². The molecule has 0 atom stereocenters. The van der Waals surface area contributed by atoms with Crippen LogP contribution in [0.15, 0.2) is 18.2 Å². The summed E-state index contributed by atoms with van der Waals surface area (Å²) in [5, 5.41) is 13.1. The van der Waals surface area contributed by atoms with Crippen LogP contribution in [-0.4, -0.2) is 18.3 Å². The van der Waals surface area contributed by atoms with E-state index in [-0.39, 0.29) is 12.0 Å². The first kappa shape index (κ1) is 13.9. The number of hydrogen-bond acceptors (Lipinski definition) is 3. The van der Waals surface area contributed by atoms with Gasteiger partial charge in [-0.3, -0.25) is 0 Å². The Kier molecular flexibility index (Phi) is 4.72. The smallest absolute Gasteiger partial charge is 0.0504 e. The summed E-state index contributed by atoms with van der Waals surface area (Å²) in [5.41, 5.74) is 7.72. The van der Waals surface area contributed by atoms with Crippen molar-refractivity contribution in [1.82, 2.24) is 0 Å². The minimum Gasteiger partial charge on any atom is -0.399 e. The monoisotopic (exact) mass is 360 g/mol. The van der Waals surface area contributed by atoms with E-state index in [4.69, 9.17) is 5.73 Å². The molecule has 0 spiro atoms. The van der Waals surface area contributed by atoms with E-state index in [9.17, 15) is 5.11 Å². The summed E-state index contributed by atoms with van der Waals surface area (Å²) in [4.78, 5) is 0. The van der Waals surface area contributed by atoms with Gasteiger partial charge in [0.1, 0.15) is 0 Å². The molecule has 0 unspecified atom stereocenters. The maximum absolute atomic E-state index is 9.67. The molecule has 18 heavy (non-hydrogen) atoms. The number of aliphatic hydroxyl groups is 1. The molecule has 3 nitrogen and oxygen atoms in total. The number of nitrogens with two attached hydrogens (primary N) is 1. The lowest BCUT2D eigenvalue weighted by Crippen LogP contribution is -2.35. The van der Waals surface area contributed by atoms with Crippen molar-refractivity contribution in [2.75, 3.05) is 24.2 Å². The molecule has 0 bridgehead atoms. The molecule has 100 valence electrons. The zero-order chi connectivity index (χ0) is 13.0. The summed E-state index contributed by atoms with van der Waals surface area (Å²) in [5.74, 6) is 0. The Bertz CT molecular complexity index is 403. The summed E-state index contributed by atoms with van der Waals surface area (Å²) in [6.07, 6.45) is 6.04. The van der Waals surface area contributed by atoms with Gasteiger partial charge in [-0.1, -0.05) is 19.3 Å². The van der Waals surface area contributed by atoms with Gasteiger partial charge in [-0.15, -0.1) is 0 Å². The third-order valence-corrected chi connectivity index (χ3v) is 4.79. The SMILES string of the molecule is Nc1ccc(NCC2(CO)CCCCC2)c(I)c1. The van der Waals surface area contributed by atoms with Crippen LogP contribution in [0.2, 0.25) is 0 Å². The van der Waals surface area contributed by atoms with Crippen LogP contribution in [0.1, 0.15) is 32.1 Å². The number of hydrogen-bond donors (Lipinski definition) is 3. The highest BCUT2D eigenvalue weighted by Crippen LogP contribution is 2.36. The molecule has 4 N–H and O–H groups in total. The van der Waals surface area contributed by atoms with Gasteiger partial charge in [0.25, 0.3) is 0 Å². The molecule has 0 saturated heterocycles. The van der Waals surface area contributed by atoms with Crippen LogP contribution >= 0.6 is 22.6 Å². The van der Waals surface area contributed by atoms with Gasteiger partial charge in [0.2, 0.25) is 0 Å². The molecule has 1 aliphatic rings. The predicted octanol–water partition coefficient (Wildman–Crippen LogP) is 3.23. The van der Waals surface area contributed by atoms with Gasteiger partial charge < -0.3 is 16.2 Å². The average molecular weight is 360 g/mol. The molecule has 1 fully saturated rings. The number of rotatable bonds is 4. The molecule has 4 heteroatoms. The van der Waals surface area contributed by atoms with E-state index >= 15 is 0 Å². The Morgan fingerprint density at radius 2 is 2.00 bits per heavy atom. The van der Waals surface area contributed by atoms with Gasteiger partial charge in [0.15, 0.2) is 0 Å². The Hall–Kier alpha value is -0.490. The summed E-state index contributed by atoms with van der Waals surface area (Å²) in [7, 11) is 0. The van der Waals surface area contributed by atoms with Gasteiger partial charge in [-0.2, -0.15) is 0 Å². The normalized spacial score (nSPS) is 18.6. The minimum absolute atomic E-state index is 0.0721. The number of benzene rings is 1. The average Bonchev–Trinajstić information content (AvgIpc) is 2.39. The van der Waals surface area contributed by atoms with Gasteiger partial charge >= 0.3 is 0 Å². The lowest BCUT2D eigenvalue weighted by molar-refractivity contribution is 0.0944. The molecule has 0 aromatic heterocycles. The Morgan fingerprint density at radius 3 is 2.61 bits per heavy atom. The van der Waals surface area contributed by atoms with Crippen LogP contribution < -0.4 is 11.1 Å². The van der Waals surface area contributed by atoms with Crippen LogP contribution in [0, 0.1) is 8.99 Å². The number of nitrogens with one attached hydrogen (secondary N) is 1. The first-order valence-electron chi connectivity index (χ1n) is 6.55.